The fraction of sp³-hybridized carbons (Fsp3) is 0.200. The molecule has 0 radical (unpaired) electrons. The minimum absolute atomic E-state index is 0.140. The van der Waals surface area contributed by atoms with Crippen molar-refractivity contribution in [3.63, 3.8) is 0 Å². The zero-order chi connectivity index (χ0) is 14.5. The lowest BCUT2D eigenvalue weighted by Gasteiger charge is -2.06. The van der Waals surface area contributed by atoms with Crippen molar-refractivity contribution in [2.75, 3.05) is 6.26 Å². The average molecular weight is 309 g/mol. The van der Waals surface area contributed by atoms with Crippen LogP contribution in [0.5, 0.6) is 0 Å². The summed E-state index contributed by atoms with van der Waals surface area (Å²) in [6.45, 7) is 0. The van der Waals surface area contributed by atoms with Crippen LogP contribution >= 0.6 is 23.5 Å². The van der Waals surface area contributed by atoms with Gasteiger partial charge in [-0.2, -0.15) is 18.4 Å². The van der Waals surface area contributed by atoms with Gasteiger partial charge in [0, 0.05) is 4.90 Å². The van der Waals surface area contributed by atoms with Gasteiger partial charge in [0.1, 0.15) is 11.5 Å². The first-order valence-electron chi connectivity index (χ1n) is 4.69. The Morgan fingerprint density at radius 3 is 2.58 bits per heavy atom. The van der Waals surface area contributed by atoms with Gasteiger partial charge in [0.15, 0.2) is 11.4 Å². The number of nitriles is 1. The number of alkyl halides is 3. The van der Waals surface area contributed by atoms with Crippen LogP contribution in [0.4, 0.5) is 23.2 Å². The molecule has 0 aromatic heterocycles. The van der Waals surface area contributed by atoms with Gasteiger partial charge < -0.3 is 0 Å². The number of hydrogen-bond acceptors (Lipinski definition) is 4. The Morgan fingerprint density at radius 2 is 2.11 bits per heavy atom. The molecule has 0 aliphatic rings. The third-order valence-corrected chi connectivity index (χ3v) is 3.03. The number of aliphatic imine (C=N–C) groups is 1. The van der Waals surface area contributed by atoms with Crippen molar-refractivity contribution in [3.8, 4) is 6.19 Å². The smallest absolute Gasteiger partial charge is 0.271 e. The third kappa shape index (κ3) is 5.40. The summed E-state index contributed by atoms with van der Waals surface area (Å²) in [6, 6.07) is 2.99. The zero-order valence-electron chi connectivity index (χ0n) is 9.45. The van der Waals surface area contributed by atoms with Crippen molar-refractivity contribution < 1.29 is 17.6 Å². The molecule has 1 rings (SSSR count). The average Bonchev–Trinajstić information content (AvgIpc) is 2.29. The van der Waals surface area contributed by atoms with E-state index in [0.717, 1.165) is 30.0 Å². The van der Waals surface area contributed by atoms with Crippen LogP contribution in [0.3, 0.4) is 0 Å². The summed E-state index contributed by atoms with van der Waals surface area (Å²) in [6.07, 6.45) is 3.24. The Hall–Kier alpha value is -1.40. The Labute approximate surface area is 115 Å². The maximum Gasteiger partial charge on any atom is 0.446 e. The molecule has 1 N–H and O–H groups in total. The van der Waals surface area contributed by atoms with E-state index >= 15 is 0 Å². The van der Waals surface area contributed by atoms with Crippen LogP contribution < -0.4 is 5.32 Å². The van der Waals surface area contributed by atoms with Crippen molar-refractivity contribution in [2.45, 2.75) is 10.4 Å². The monoisotopic (exact) mass is 309 g/mol. The summed E-state index contributed by atoms with van der Waals surface area (Å²) < 4.78 is 49.9. The first-order valence-corrected chi connectivity index (χ1v) is 6.73. The fourth-order valence-electron chi connectivity index (χ4n) is 1.06. The van der Waals surface area contributed by atoms with Gasteiger partial charge in [-0.3, -0.25) is 5.32 Å². The van der Waals surface area contributed by atoms with E-state index in [1.807, 2.05) is 0 Å². The summed E-state index contributed by atoms with van der Waals surface area (Å²) in [5, 5.41) is 10.8. The van der Waals surface area contributed by atoms with E-state index in [1.165, 1.54) is 0 Å². The van der Waals surface area contributed by atoms with E-state index < -0.39 is 23.1 Å². The van der Waals surface area contributed by atoms with Gasteiger partial charge in [0.25, 0.3) is 0 Å². The fourth-order valence-corrected chi connectivity index (χ4v) is 1.96. The molecule has 0 saturated heterocycles. The molecule has 19 heavy (non-hydrogen) atoms. The minimum Gasteiger partial charge on any atom is -0.271 e. The lowest BCUT2D eigenvalue weighted by molar-refractivity contribution is -0.0328. The van der Waals surface area contributed by atoms with Gasteiger partial charge in [-0.1, -0.05) is 11.8 Å². The first kappa shape index (κ1) is 15.7. The van der Waals surface area contributed by atoms with Crippen molar-refractivity contribution in [1.29, 1.82) is 5.26 Å². The van der Waals surface area contributed by atoms with Crippen LogP contribution in [0.15, 0.2) is 28.1 Å². The molecule has 102 valence electrons. The van der Waals surface area contributed by atoms with E-state index in [0.29, 0.717) is 0 Å². The molecule has 0 saturated carbocycles. The number of nitrogens with one attached hydrogen (secondary N) is 1. The summed E-state index contributed by atoms with van der Waals surface area (Å²) in [7, 11) is 0. The largest absolute Gasteiger partial charge is 0.446 e. The Morgan fingerprint density at radius 1 is 1.42 bits per heavy atom. The van der Waals surface area contributed by atoms with Gasteiger partial charge in [-0.15, -0.1) is 0 Å². The maximum absolute atomic E-state index is 13.6. The highest BCUT2D eigenvalue weighted by Crippen LogP contribution is 2.38. The molecule has 3 nitrogen and oxygen atoms in total. The van der Waals surface area contributed by atoms with E-state index in [2.05, 4.69) is 10.3 Å². The number of halogens is 4. The van der Waals surface area contributed by atoms with Crippen molar-refractivity contribution in [1.82, 2.24) is 5.32 Å². The van der Waals surface area contributed by atoms with E-state index in [9.17, 15) is 17.6 Å². The summed E-state index contributed by atoms with van der Waals surface area (Å²) in [4.78, 5) is 3.52. The van der Waals surface area contributed by atoms with Crippen LogP contribution in [-0.2, 0) is 0 Å². The molecule has 0 bridgehead atoms. The second-order valence-electron chi connectivity index (χ2n) is 3.02. The molecular weight excluding hydrogens is 302 g/mol. The van der Waals surface area contributed by atoms with Gasteiger partial charge in [-0.25, -0.2) is 9.38 Å². The van der Waals surface area contributed by atoms with Crippen LogP contribution in [0, 0.1) is 17.3 Å². The van der Waals surface area contributed by atoms with Gasteiger partial charge in [-0.05, 0) is 36.2 Å². The second-order valence-corrected chi connectivity index (χ2v) is 4.95. The molecule has 0 aliphatic carbocycles. The molecule has 1 aromatic rings. The van der Waals surface area contributed by atoms with Crippen molar-refractivity contribution in [3.05, 3.63) is 24.0 Å². The Kier molecular flexibility index (Phi) is 5.50. The molecule has 0 aliphatic heterocycles. The number of hydrogen-bond donors (Lipinski definition) is 1. The predicted molar refractivity (Wildman–Crippen MR) is 67.7 cm³/mol. The molecular formula is C10H7F4N3S2. The SMILES string of the molecule is CSC(=Nc1ccc(SC(F)(F)F)cc1F)NC#N. The first-order chi connectivity index (χ1) is 8.85. The molecule has 0 amide bonds. The van der Waals surface area contributed by atoms with E-state index in [4.69, 9.17) is 5.26 Å². The highest BCUT2D eigenvalue weighted by Gasteiger charge is 2.29. The normalized spacial score (nSPS) is 12.1. The lowest BCUT2D eigenvalue weighted by atomic mass is 10.3. The summed E-state index contributed by atoms with van der Waals surface area (Å²) >= 11 is 0.674. The highest BCUT2D eigenvalue weighted by atomic mass is 32.2. The third-order valence-electron chi connectivity index (χ3n) is 1.73. The summed E-state index contributed by atoms with van der Waals surface area (Å²) in [5.41, 5.74) is -4.61. The van der Waals surface area contributed by atoms with Crippen LogP contribution in [0.25, 0.3) is 0 Å². The predicted octanol–water partition coefficient (Wildman–Crippen LogP) is 3.86. The number of rotatable bonds is 2. The Bertz CT molecular complexity index is 522. The maximum atomic E-state index is 13.6. The second kappa shape index (κ2) is 6.68. The molecule has 0 unspecified atom stereocenters. The minimum atomic E-state index is -4.47. The standard InChI is InChI=1S/C10H7F4N3S2/c1-18-9(16-5-15)17-8-3-2-6(4-7(8)11)19-10(12,13)14/h2-4H,1H3,(H,16,17). The molecule has 1 aromatic carbocycles. The van der Waals surface area contributed by atoms with Crippen LogP contribution in [0.2, 0.25) is 0 Å². The molecule has 0 atom stereocenters. The zero-order valence-corrected chi connectivity index (χ0v) is 11.1. The van der Waals surface area contributed by atoms with Crippen molar-refractivity contribution in [2.24, 2.45) is 4.99 Å². The molecule has 0 heterocycles. The van der Waals surface area contributed by atoms with Gasteiger partial charge in [0.2, 0.25) is 0 Å². The Balaban J connectivity index is 2.98. The van der Waals surface area contributed by atoms with Crippen LogP contribution in [-0.4, -0.2) is 16.9 Å². The number of benzene rings is 1. The number of amidine groups is 1. The van der Waals surface area contributed by atoms with Gasteiger partial charge in [0.05, 0.1) is 0 Å². The van der Waals surface area contributed by atoms with Crippen LogP contribution in [0.1, 0.15) is 0 Å². The lowest BCUT2D eigenvalue weighted by Crippen LogP contribution is -2.12. The quantitative estimate of drug-likeness (QED) is 0.225. The van der Waals surface area contributed by atoms with Crippen molar-refractivity contribution >= 4 is 34.4 Å². The van der Waals surface area contributed by atoms with Gasteiger partial charge >= 0.3 is 5.51 Å². The highest BCUT2D eigenvalue weighted by molar-refractivity contribution is 8.13. The number of nitrogens with zero attached hydrogens (tertiary/aromatic N) is 2. The van der Waals surface area contributed by atoms with E-state index in [1.54, 1.807) is 12.4 Å². The molecule has 0 fully saturated rings. The topological polar surface area (TPSA) is 48.2 Å². The number of thioether (sulfide) groups is 2. The molecule has 0 spiro atoms. The van der Waals surface area contributed by atoms with E-state index in [-0.39, 0.29) is 15.8 Å². The molecule has 9 heteroatoms. The summed E-state index contributed by atoms with van der Waals surface area (Å²) in [5.74, 6) is -0.888.